The van der Waals surface area contributed by atoms with E-state index < -0.39 is 16.8 Å². The standard InChI is InChI=1S/C17H15ClN2O5/c1-2-8-25-17(22)12-4-3-5-13(9-12)19-16(21)11-6-7-14(18)15(10-11)20(23)24/h3-7,9-10H,2,8H2,1H3,(H,19,21). The Morgan fingerprint density at radius 1 is 1.20 bits per heavy atom. The second-order valence-electron chi connectivity index (χ2n) is 5.09. The van der Waals surface area contributed by atoms with Gasteiger partial charge in [-0.15, -0.1) is 0 Å². The van der Waals surface area contributed by atoms with Crippen molar-refractivity contribution in [3.05, 3.63) is 68.7 Å². The van der Waals surface area contributed by atoms with Gasteiger partial charge in [0.25, 0.3) is 11.6 Å². The summed E-state index contributed by atoms with van der Waals surface area (Å²) < 4.78 is 5.04. The number of carbonyl (C=O) groups excluding carboxylic acids is 2. The van der Waals surface area contributed by atoms with Crippen molar-refractivity contribution >= 4 is 34.9 Å². The molecule has 0 atom stereocenters. The monoisotopic (exact) mass is 362 g/mol. The summed E-state index contributed by atoms with van der Waals surface area (Å²) in [6.07, 6.45) is 0.706. The highest BCUT2D eigenvalue weighted by molar-refractivity contribution is 6.32. The Labute approximate surface area is 148 Å². The van der Waals surface area contributed by atoms with Crippen molar-refractivity contribution in [2.24, 2.45) is 0 Å². The number of ether oxygens (including phenoxy) is 1. The number of rotatable bonds is 6. The average Bonchev–Trinajstić information content (AvgIpc) is 2.59. The maximum absolute atomic E-state index is 12.3. The molecule has 1 amide bonds. The SMILES string of the molecule is CCCOC(=O)c1cccc(NC(=O)c2ccc(Cl)c([N+](=O)[O-])c2)c1. The van der Waals surface area contributed by atoms with E-state index in [9.17, 15) is 19.7 Å². The van der Waals surface area contributed by atoms with Crippen LogP contribution < -0.4 is 5.32 Å². The maximum atomic E-state index is 12.3. The normalized spacial score (nSPS) is 10.2. The molecule has 0 saturated heterocycles. The molecule has 0 heterocycles. The molecule has 0 aromatic heterocycles. The highest BCUT2D eigenvalue weighted by Crippen LogP contribution is 2.25. The Kier molecular flexibility index (Phi) is 6.08. The fraction of sp³-hybridized carbons (Fsp3) is 0.176. The minimum Gasteiger partial charge on any atom is -0.462 e. The first-order valence-corrected chi connectivity index (χ1v) is 7.82. The third-order valence-corrected chi connectivity index (χ3v) is 3.52. The van der Waals surface area contributed by atoms with E-state index in [1.165, 1.54) is 18.2 Å². The second kappa shape index (κ2) is 8.25. The van der Waals surface area contributed by atoms with Crippen LogP contribution in [0.15, 0.2) is 42.5 Å². The van der Waals surface area contributed by atoms with E-state index in [2.05, 4.69) is 5.32 Å². The highest BCUT2D eigenvalue weighted by Gasteiger charge is 2.17. The first kappa shape index (κ1) is 18.4. The molecule has 0 aliphatic rings. The molecule has 25 heavy (non-hydrogen) atoms. The van der Waals surface area contributed by atoms with Crippen molar-refractivity contribution in [2.75, 3.05) is 11.9 Å². The van der Waals surface area contributed by atoms with Gasteiger partial charge in [-0.2, -0.15) is 0 Å². The van der Waals surface area contributed by atoms with E-state index in [1.807, 2.05) is 6.92 Å². The van der Waals surface area contributed by atoms with E-state index in [0.717, 1.165) is 6.07 Å². The molecule has 2 rings (SSSR count). The maximum Gasteiger partial charge on any atom is 0.338 e. The molecule has 2 aromatic carbocycles. The van der Waals surface area contributed by atoms with Crippen molar-refractivity contribution in [3.8, 4) is 0 Å². The van der Waals surface area contributed by atoms with Crippen molar-refractivity contribution in [1.29, 1.82) is 0 Å². The minimum atomic E-state index is -0.663. The summed E-state index contributed by atoms with van der Waals surface area (Å²) in [5, 5.41) is 13.4. The second-order valence-corrected chi connectivity index (χ2v) is 5.50. The lowest BCUT2D eigenvalue weighted by atomic mass is 10.1. The van der Waals surface area contributed by atoms with Gasteiger partial charge in [-0.3, -0.25) is 14.9 Å². The van der Waals surface area contributed by atoms with Gasteiger partial charge >= 0.3 is 5.97 Å². The van der Waals surface area contributed by atoms with Gasteiger partial charge in [0.15, 0.2) is 0 Å². The highest BCUT2D eigenvalue weighted by atomic mass is 35.5. The molecule has 0 bridgehead atoms. The Morgan fingerprint density at radius 2 is 1.96 bits per heavy atom. The zero-order valence-corrected chi connectivity index (χ0v) is 14.1. The van der Waals surface area contributed by atoms with Crippen molar-refractivity contribution in [1.82, 2.24) is 0 Å². The van der Waals surface area contributed by atoms with Gasteiger partial charge in [0.05, 0.1) is 17.1 Å². The molecular formula is C17H15ClN2O5. The van der Waals surface area contributed by atoms with E-state index in [-0.39, 0.29) is 16.3 Å². The Morgan fingerprint density at radius 3 is 2.64 bits per heavy atom. The molecule has 0 saturated carbocycles. The van der Waals surface area contributed by atoms with Gasteiger partial charge in [-0.1, -0.05) is 24.6 Å². The van der Waals surface area contributed by atoms with Crippen LogP contribution >= 0.6 is 11.6 Å². The van der Waals surface area contributed by atoms with Crippen LogP contribution in [-0.2, 0) is 4.74 Å². The summed E-state index contributed by atoms with van der Waals surface area (Å²) >= 11 is 5.73. The summed E-state index contributed by atoms with van der Waals surface area (Å²) in [6.45, 7) is 2.19. The number of anilines is 1. The zero-order chi connectivity index (χ0) is 18.4. The lowest BCUT2D eigenvalue weighted by molar-refractivity contribution is -0.384. The molecule has 130 valence electrons. The number of nitrogens with one attached hydrogen (secondary N) is 1. The fourth-order valence-electron chi connectivity index (χ4n) is 2.00. The van der Waals surface area contributed by atoms with Crippen molar-refractivity contribution in [3.63, 3.8) is 0 Å². The largest absolute Gasteiger partial charge is 0.462 e. The van der Waals surface area contributed by atoms with Crippen molar-refractivity contribution in [2.45, 2.75) is 13.3 Å². The smallest absolute Gasteiger partial charge is 0.338 e. The predicted octanol–water partition coefficient (Wildman–Crippen LogP) is 4.07. The lowest BCUT2D eigenvalue weighted by Gasteiger charge is -2.08. The number of benzene rings is 2. The number of nitrogens with zero attached hydrogens (tertiary/aromatic N) is 1. The summed E-state index contributed by atoms with van der Waals surface area (Å²) in [7, 11) is 0. The Hall–Kier alpha value is -2.93. The molecule has 0 radical (unpaired) electrons. The van der Waals surface area contributed by atoms with E-state index in [4.69, 9.17) is 16.3 Å². The van der Waals surface area contributed by atoms with E-state index in [1.54, 1.807) is 18.2 Å². The number of nitro benzene ring substituents is 1. The molecule has 0 aliphatic heterocycles. The average molecular weight is 363 g/mol. The van der Waals surface area contributed by atoms with Crippen LogP contribution in [0, 0.1) is 10.1 Å². The third-order valence-electron chi connectivity index (χ3n) is 3.20. The molecule has 8 heteroatoms. The van der Waals surface area contributed by atoms with E-state index in [0.29, 0.717) is 24.3 Å². The van der Waals surface area contributed by atoms with Crippen LogP contribution in [0.5, 0.6) is 0 Å². The first-order valence-electron chi connectivity index (χ1n) is 7.45. The zero-order valence-electron chi connectivity index (χ0n) is 13.3. The predicted molar refractivity (Wildman–Crippen MR) is 93.1 cm³/mol. The molecule has 0 fully saturated rings. The summed E-state index contributed by atoms with van der Waals surface area (Å²) in [5.74, 6) is -1.04. The van der Waals surface area contributed by atoms with E-state index >= 15 is 0 Å². The van der Waals surface area contributed by atoms with Gasteiger partial charge in [-0.25, -0.2) is 4.79 Å². The number of hydrogen-bond donors (Lipinski definition) is 1. The quantitative estimate of drug-likeness (QED) is 0.474. The van der Waals surface area contributed by atoms with Crippen LogP contribution in [0.4, 0.5) is 11.4 Å². The molecule has 0 aliphatic carbocycles. The van der Waals surface area contributed by atoms with Gasteiger partial charge < -0.3 is 10.1 Å². The van der Waals surface area contributed by atoms with Crippen LogP contribution in [-0.4, -0.2) is 23.4 Å². The van der Waals surface area contributed by atoms with Gasteiger partial charge in [0.2, 0.25) is 0 Å². The third kappa shape index (κ3) is 4.77. The topological polar surface area (TPSA) is 98.5 Å². The Balaban J connectivity index is 2.17. The van der Waals surface area contributed by atoms with Crippen LogP contribution in [0.2, 0.25) is 5.02 Å². The number of amides is 1. The molecule has 1 N–H and O–H groups in total. The lowest BCUT2D eigenvalue weighted by Crippen LogP contribution is -2.13. The molecule has 2 aromatic rings. The number of carbonyl (C=O) groups is 2. The summed E-state index contributed by atoms with van der Waals surface area (Å²) in [4.78, 5) is 34.3. The Bertz CT molecular complexity index is 822. The summed E-state index contributed by atoms with van der Waals surface area (Å²) in [5.41, 5.74) is 0.392. The van der Waals surface area contributed by atoms with Crippen LogP contribution in [0.1, 0.15) is 34.1 Å². The number of halogens is 1. The van der Waals surface area contributed by atoms with Gasteiger partial charge in [0, 0.05) is 17.3 Å². The number of nitro groups is 1. The number of esters is 1. The van der Waals surface area contributed by atoms with Crippen LogP contribution in [0.25, 0.3) is 0 Å². The summed E-state index contributed by atoms with van der Waals surface area (Å²) in [6, 6.07) is 10.00. The van der Waals surface area contributed by atoms with Crippen LogP contribution in [0.3, 0.4) is 0 Å². The van der Waals surface area contributed by atoms with Gasteiger partial charge in [-0.05, 0) is 36.8 Å². The molecule has 7 nitrogen and oxygen atoms in total. The van der Waals surface area contributed by atoms with Gasteiger partial charge in [0.1, 0.15) is 5.02 Å². The first-order chi connectivity index (χ1) is 11.9. The molecular weight excluding hydrogens is 348 g/mol. The van der Waals surface area contributed by atoms with Crippen molar-refractivity contribution < 1.29 is 19.2 Å². The minimum absolute atomic E-state index is 0.0535. The molecule has 0 spiro atoms. The number of hydrogen-bond acceptors (Lipinski definition) is 5. The molecule has 0 unspecified atom stereocenters. The fourth-order valence-corrected chi connectivity index (χ4v) is 2.19.